The van der Waals surface area contributed by atoms with Gasteiger partial charge in [0.15, 0.2) is 0 Å². The maximum absolute atomic E-state index is 11.2. The van der Waals surface area contributed by atoms with Crippen LogP contribution in [0.15, 0.2) is 0 Å². The van der Waals surface area contributed by atoms with Crippen LogP contribution in [0.2, 0.25) is 0 Å². The molecule has 0 bridgehead atoms. The van der Waals surface area contributed by atoms with Crippen LogP contribution in [-0.2, 0) is 19.1 Å². The zero-order chi connectivity index (χ0) is 10.8. The Labute approximate surface area is 81.0 Å². The largest absolute Gasteiger partial charge is 0.395 e. The third kappa shape index (κ3) is 2.38. The first-order chi connectivity index (χ1) is 6.50. The van der Waals surface area contributed by atoms with Crippen molar-refractivity contribution in [3.63, 3.8) is 0 Å². The van der Waals surface area contributed by atoms with Crippen LogP contribution in [0.25, 0.3) is 0 Å². The summed E-state index contributed by atoms with van der Waals surface area (Å²) in [5.74, 6) is -1.91. The molecule has 0 saturated heterocycles. The van der Waals surface area contributed by atoms with Crippen LogP contribution in [0, 0.1) is 5.41 Å². The number of ether oxygens (including phenoxy) is 1. The molecule has 0 unspecified atom stereocenters. The van der Waals surface area contributed by atoms with Crippen molar-refractivity contribution < 1.29 is 24.2 Å². The van der Waals surface area contributed by atoms with Gasteiger partial charge in [-0.25, -0.2) is 0 Å². The Kier molecular flexibility index (Phi) is 3.00. The van der Waals surface area contributed by atoms with Crippen molar-refractivity contribution in [1.29, 1.82) is 0 Å². The number of aliphatic hydroxyl groups is 1. The number of rotatable bonds is 4. The lowest BCUT2D eigenvalue weighted by atomic mass is 10.1. The molecule has 0 aromatic rings. The highest BCUT2D eigenvalue weighted by Crippen LogP contribution is 2.46. The molecule has 0 aromatic heterocycles. The summed E-state index contributed by atoms with van der Waals surface area (Å²) >= 11 is 0. The minimum absolute atomic E-state index is 0.306. The average molecular weight is 200 g/mol. The molecule has 0 spiro atoms. The molecule has 14 heavy (non-hydrogen) atoms. The fraction of sp³-hybridized carbons (Fsp3) is 0.667. The molecule has 1 N–H and O–H groups in total. The zero-order valence-electron chi connectivity index (χ0n) is 7.91. The molecular formula is C9H12O5. The summed E-state index contributed by atoms with van der Waals surface area (Å²) in [4.78, 5) is 32.7. The molecule has 1 saturated carbocycles. The zero-order valence-corrected chi connectivity index (χ0v) is 7.91. The number of hydrogen-bond acceptors (Lipinski definition) is 5. The van der Waals surface area contributed by atoms with Gasteiger partial charge in [-0.05, 0) is 19.8 Å². The van der Waals surface area contributed by atoms with E-state index in [0.717, 1.165) is 0 Å². The Morgan fingerprint density at radius 1 is 1.36 bits per heavy atom. The van der Waals surface area contributed by atoms with E-state index in [1.807, 2.05) is 0 Å². The molecule has 0 aromatic carbocycles. The second-order valence-electron chi connectivity index (χ2n) is 3.58. The SMILES string of the molecule is CC(=O)CC(=O)OC(=O)C1(CO)CC1. The van der Waals surface area contributed by atoms with Gasteiger partial charge in [0, 0.05) is 0 Å². The topological polar surface area (TPSA) is 80.7 Å². The molecule has 5 nitrogen and oxygen atoms in total. The molecule has 0 radical (unpaired) electrons. The minimum Gasteiger partial charge on any atom is -0.395 e. The van der Waals surface area contributed by atoms with Gasteiger partial charge < -0.3 is 9.84 Å². The van der Waals surface area contributed by atoms with Gasteiger partial charge in [0.1, 0.15) is 12.2 Å². The summed E-state index contributed by atoms with van der Waals surface area (Å²) in [7, 11) is 0. The van der Waals surface area contributed by atoms with Gasteiger partial charge in [0.05, 0.1) is 12.0 Å². The maximum atomic E-state index is 11.2. The second kappa shape index (κ2) is 3.88. The number of carbonyl (C=O) groups excluding carboxylic acids is 3. The van der Waals surface area contributed by atoms with Crippen molar-refractivity contribution in [1.82, 2.24) is 0 Å². The first kappa shape index (κ1) is 10.8. The third-order valence-electron chi connectivity index (χ3n) is 2.19. The van der Waals surface area contributed by atoms with Gasteiger partial charge in [-0.3, -0.25) is 14.4 Å². The van der Waals surface area contributed by atoms with E-state index in [-0.39, 0.29) is 12.4 Å². The summed E-state index contributed by atoms with van der Waals surface area (Å²) in [5, 5.41) is 8.84. The second-order valence-corrected chi connectivity index (χ2v) is 3.58. The average Bonchev–Trinajstić information content (AvgIpc) is 2.82. The monoisotopic (exact) mass is 200 g/mol. The number of ketones is 1. The molecular weight excluding hydrogens is 188 g/mol. The fourth-order valence-electron chi connectivity index (χ4n) is 1.03. The van der Waals surface area contributed by atoms with E-state index in [2.05, 4.69) is 4.74 Å². The van der Waals surface area contributed by atoms with E-state index in [9.17, 15) is 14.4 Å². The van der Waals surface area contributed by atoms with Crippen molar-refractivity contribution in [2.45, 2.75) is 26.2 Å². The van der Waals surface area contributed by atoms with E-state index in [4.69, 9.17) is 5.11 Å². The third-order valence-corrected chi connectivity index (χ3v) is 2.19. The first-order valence-corrected chi connectivity index (χ1v) is 4.35. The van der Waals surface area contributed by atoms with Crippen LogP contribution < -0.4 is 0 Å². The van der Waals surface area contributed by atoms with Crippen LogP contribution in [0.3, 0.4) is 0 Å². The minimum atomic E-state index is -0.869. The van der Waals surface area contributed by atoms with Crippen LogP contribution in [0.5, 0.6) is 0 Å². The van der Waals surface area contributed by atoms with E-state index < -0.39 is 23.8 Å². The van der Waals surface area contributed by atoms with Gasteiger partial charge >= 0.3 is 11.9 Å². The molecule has 0 atom stereocenters. The quantitative estimate of drug-likeness (QED) is 0.502. The maximum Gasteiger partial charge on any atom is 0.322 e. The standard InChI is InChI=1S/C9H12O5/c1-6(11)4-7(12)14-8(13)9(5-10)2-3-9/h10H,2-5H2,1H3. The molecule has 0 aliphatic heterocycles. The number of esters is 2. The number of Topliss-reactive ketones (excluding diaryl/α,β-unsaturated/α-hetero) is 1. The van der Waals surface area contributed by atoms with Gasteiger partial charge in [0.25, 0.3) is 0 Å². The molecule has 0 amide bonds. The number of carbonyl (C=O) groups is 3. The fourth-order valence-corrected chi connectivity index (χ4v) is 1.03. The van der Waals surface area contributed by atoms with Crippen LogP contribution in [-0.4, -0.2) is 29.4 Å². The first-order valence-electron chi connectivity index (χ1n) is 4.35. The lowest BCUT2D eigenvalue weighted by molar-refractivity contribution is -0.164. The molecule has 5 heteroatoms. The van der Waals surface area contributed by atoms with Crippen molar-refractivity contribution >= 4 is 17.7 Å². The van der Waals surface area contributed by atoms with Crippen LogP contribution in [0.4, 0.5) is 0 Å². The van der Waals surface area contributed by atoms with E-state index in [0.29, 0.717) is 12.8 Å². The van der Waals surface area contributed by atoms with Crippen molar-refractivity contribution in [3.8, 4) is 0 Å². The van der Waals surface area contributed by atoms with E-state index in [1.165, 1.54) is 6.92 Å². The molecule has 1 rings (SSSR count). The lowest BCUT2D eigenvalue weighted by Crippen LogP contribution is -2.26. The molecule has 0 heterocycles. The van der Waals surface area contributed by atoms with Gasteiger partial charge in [-0.2, -0.15) is 0 Å². The predicted octanol–water partition coefficient (Wildman–Crippen LogP) is -0.192. The highest BCUT2D eigenvalue weighted by Gasteiger charge is 2.51. The highest BCUT2D eigenvalue weighted by atomic mass is 16.6. The summed E-state index contributed by atoms with van der Waals surface area (Å²) in [5.41, 5.74) is -0.869. The Balaban J connectivity index is 2.41. The Morgan fingerprint density at radius 3 is 2.29 bits per heavy atom. The van der Waals surface area contributed by atoms with Crippen molar-refractivity contribution in [3.05, 3.63) is 0 Å². The summed E-state index contributed by atoms with van der Waals surface area (Å²) in [6.45, 7) is 0.934. The van der Waals surface area contributed by atoms with Crippen LogP contribution in [0.1, 0.15) is 26.2 Å². The Bertz CT molecular complexity index is 277. The van der Waals surface area contributed by atoms with E-state index >= 15 is 0 Å². The summed E-state index contributed by atoms with van der Waals surface area (Å²) in [6.07, 6.45) is 0.679. The van der Waals surface area contributed by atoms with E-state index in [1.54, 1.807) is 0 Å². The lowest BCUT2D eigenvalue weighted by Gasteiger charge is -2.08. The predicted molar refractivity (Wildman–Crippen MR) is 45.1 cm³/mol. The number of hydrogen-bond donors (Lipinski definition) is 1. The van der Waals surface area contributed by atoms with Crippen molar-refractivity contribution in [2.24, 2.45) is 5.41 Å². The molecule has 1 aliphatic carbocycles. The molecule has 1 aliphatic rings. The number of aliphatic hydroxyl groups excluding tert-OH is 1. The molecule has 1 fully saturated rings. The Morgan fingerprint density at radius 2 is 1.93 bits per heavy atom. The van der Waals surface area contributed by atoms with Gasteiger partial charge in [-0.15, -0.1) is 0 Å². The summed E-state index contributed by atoms with van der Waals surface area (Å²) < 4.78 is 4.42. The smallest absolute Gasteiger partial charge is 0.322 e. The Hall–Kier alpha value is -1.23. The van der Waals surface area contributed by atoms with Crippen molar-refractivity contribution in [2.75, 3.05) is 6.61 Å². The normalized spacial score (nSPS) is 17.3. The summed E-state index contributed by atoms with van der Waals surface area (Å²) in [6, 6.07) is 0. The van der Waals surface area contributed by atoms with Gasteiger partial charge in [-0.1, -0.05) is 0 Å². The van der Waals surface area contributed by atoms with Crippen LogP contribution >= 0.6 is 0 Å². The molecule has 78 valence electrons. The van der Waals surface area contributed by atoms with Gasteiger partial charge in [0.2, 0.25) is 0 Å². The highest BCUT2D eigenvalue weighted by molar-refractivity contribution is 5.99.